The van der Waals surface area contributed by atoms with Crippen molar-refractivity contribution in [2.45, 2.75) is 31.8 Å². The quantitative estimate of drug-likeness (QED) is 0.897. The summed E-state index contributed by atoms with van der Waals surface area (Å²) in [4.78, 5) is 0. The Balaban J connectivity index is 1.81. The Morgan fingerprint density at radius 3 is 2.76 bits per heavy atom. The van der Waals surface area contributed by atoms with Gasteiger partial charge < -0.3 is 9.84 Å². The van der Waals surface area contributed by atoms with E-state index in [1.54, 1.807) is 7.11 Å². The zero-order valence-corrected chi connectivity index (χ0v) is 13.7. The lowest BCUT2D eigenvalue weighted by Crippen LogP contribution is -2.04. The number of benzene rings is 2. The van der Waals surface area contributed by atoms with Crippen LogP contribution in [0.4, 0.5) is 0 Å². The van der Waals surface area contributed by atoms with Crippen molar-refractivity contribution in [2.75, 3.05) is 7.11 Å². The molecule has 3 rings (SSSR count). The van der Waals surface area contributed by atoms with Gasteiger partial charge in [0.2, 0.25) is 0 Å². The molecule has 1 aliphatic carbocycles. The molecule has 0 bridgehead atoms. The fourth-order valence-corrected chi connectivity index (χ4v) is 3.39. The predicted octanol–water partition coefficient (Wildman–Crippen LogP) is 4.22. The third kappa shape index (κ3) is 3.14. The summed E-state index contributed by atoms with van der Waals surface area (Å²) in [5, 5.41) is 10.5. The molecule has 3 heteroatoms. The molecule has 1 aliphatic rings. The molecule has 0 heterocycles. The molecule has 0 saturated heterocycles. The summed E-state index contributed by atoms with van der Waals surface area (Å²) in [6.45, 7) is 0. The minimum atomic E-state index is -0.549. The summed E-state index contributed by atoms with van der Waals surface area (Å²) in [6.07, 6.45) is 3.68. The number of methoxy groups -OCH3 is 1. The number of ether oxygens (including phenoxy) is 1. The molecule has 21 heavy (non-hydrogen) atoms. The molecule has 0 amide bonds. The van der Waals surface area contributed by atoms with Gasteiger partial charge in [0.1, 0.15) is 5.75 Å². The van der Waals surface area contributed by atoms with Crippen molar-refractivity contribution in [2.24, 2.45) is 0 Å². The maximum atomic E-state index is 10.5. The van der Waals surface area contributed by atoms with Gasteiger partial charge >= 0.3 is 0 Å². The van der Waals surface area contributed by atoms with Gasteiger partial charge in [-0.3, -0.25) is 0 Å². The second-order valence-electron chi connectivity index (χ2n) is 5.56. The fraction of sp³-hybridized carbons (Fsp3) is 0.333. The van der Waals surface area contributed by atoms with Gasteiger partial charge in [-0.05, 0) is 48.1 Å². The van der Waals surface area contributed by atoms with Crippen LogP contribution >= 0.6 is 15.9 Å². The molecular weight excluding hydrogens is 328 g/mol. The molecule has 2 nitrogen and oxygen atoms in total. The molecule has 2 aromatic carbocycles. The van der Waals surface area contributed by atoms with Crippen LogP contribution in [0.25, 0.3) is 0 Å². The third-order valence-corrected chi connectivity index (χ3v) is 4.64. The van der Waals surface area contributed by atoms with Crippen LogP contribution in [0, 0.1) is 0 Å². The van der Waals surface area contributed by atoms with Gasteiger partial charge in [0, 0.05) is 16.5 Å². The second-order valence-corrected chi connectivity index (χ2v) is 6.48. The highest BCUT2D eigenvalue weighted by atomic mass is 79.9. The Labute approximate surface area is 133 Å². The first-order valence-corrected chi connectivity index (χ1v) is 8.09. The molecule has 1 atom stereocenters. The van der Waals surface area contributed by atoms with Gasteiger partial charge in [-0.25, -0.2) is 0 Å². The van der Waals surface area contributed by atoms with E-state index in [0.717, 1.165) is 15.8 Å². The molecule has 0 saturated carbocycles. The van der Waals surface area contributed by atoms with Crippen LogP contribution in [-0.4, -0.2) is 12.2 Å². The van der Waals surface area contributed by atoms with Gasteiger partial charge in [-0.2, -0.15) is 0 Å². The Hall–Kier alpha value is -1.32. The second kappa shape index (κ2) is 6.20. The number of aryl methyl sites for hydroxylation is 2. The highest BCUT2D eigenvalue weighted by Gasteiger charge is 2.16. The van der Waals surface area contributed by atoms with E-state index in [1.165, 1.54) is 36.0 Å². The van der Waals surface area contributed by atoms with Crippen molar-refractivity contribution in [1.29, 1.82) is 0 Å². The highest BCUT2D eigenvalue weighted by molar-refractivity contribution is 9.10. The van der Waals surface area contributed by atoms with E-state index in [0.29, 0.717) is 6.42 Å². The van der Waals surface area contributed by atoms with E-state index in [1.807, 2.05) is 18.2 Å². The number of aliphatic hydroxyl groups excluding tert-OH is 1. The van der Waals surface area contributed by atoms with Gasteiger partial charge in [0.05, 0.1) is 13.2 Å². The van der Waals surface area contributed by atoms with Gasteiger partial charge in [-0.1, -0.05) is 40.2 Å². The number of aliphatic hydroxyl groups is 1. The topological polar surface area (TPSA) is 29.5 Å². The molecule has 0 fully saturated rings. The Morgan fingerprint density at radius 1 is 1.14 bits per heavy atom. The van der Waals surface area contributed by atoms with Gasteiger partial charge in [0.15, 0.2) is 0 Å². The lowest BCUT2D eigenvalue weighted by atomic mass is 9.98. The summed E-state index contributed by atoms with van der Waals surface area (Å²) in [5.41, 5.74) is 4.94. The summed E-state index contributed by atoms with van der Waals surface area (Å²) in [7, 11) is 1.63. The van der Waals surface area contributed by atoms with E-state index in [2.05, 4.69) is 34.1 Å². The van der Waals surface area contributed by atoms with Gasteiger partial charge in [-0.15, -0.1) is 0 Å². The predicted molar refractivity (Wildman–Crippen MR) is 87.8 cm³/mol. The largest absolute Gasteiger partial charge is 0.496 e. The van der Waals surface area contributed by atoms with Crippen LogP contribution in [0.15, 0.2) is 40.9 Å². The molecule has 0 radical (unpaired) electrons. The van der Waals surface area contributed by atoms with Crippen LogP contribution in [0.5, 0.6) is 5.75 Å². The van der Waals surface area contributed by atoms with Crippen molar-refractivity contribution < 1.29 is 9.84 Å². The zero-order chi connectivity index (χ0) is 14.8. The highest BCUT2D eigenvalue weighted by Crippen LogP contribution is 2.31. The third-order valence-electron chi connectivity index (χ3n) is 4.15. The first-order chi connectivity index (χ1) is 10.2. The van der Waals surface area contributed by atoms with Crippen LogP contribution < -0.4 is 4.74 Å². The van der Waals surface area contributed by atoms with Crippen molar-refractivity contribution in [3.8, 4) is 5.75 Å². The average Bonchev–Trinajstić information content (AvgIpc) is 2.94. The van der Waals surface area contributed by atoms with Gasteiger partial charge in [0.25, 0.3) is 0 Å². The smallest absolute Gasteiger partial charge is 0.125 e. The van der Waals surface area contributed by atoms with E-state index in [9.17, 15) is 5.11 Å². The minimum Gasteiger partial charge on any atom is -0.496 e. The first-order valence-electron chi connectivity index (χ1n) is 7.29. The van der Waals surface area contributed by atoms with E-state index >= 15 is 0 Å². The number of halogens is 1. The lowest BCUT2D eigenvalue weighted by molar-refractivity contribution is 0.174. The number of hydrogen-bond acceptors (Lipinski definition) is 2. The fourth-order valence-electron chi connectivity index (χ4n) is 3.05. The monoisotopic (exact) mass is 346 g/mol. The molecule has 2 aromatic rings. The van der Waals surface area contributed by atoms with Crippen LogP contribution in [0.1, 0.15) is 34.8 Å². The van der Waals surface area contributed by atoms with Crippen LogP contribution in [0.2, 0.25) is 0 Å². The molecule has 1 unspecified atom stereocenters. The van der Waals surface area contributed by atoms with Crippen LogP contribution in [-0.2, 0) is 19.3 Å². The van der Waals surface area contributed by atoms with Crippen molar-refractivity contribution in [1.82, 2.24) is 0 Å². The molecule has 0 aliphatic heterocycles. The molecule has 0 spiro atoms. The van der Waals surface area contributed by atoms with E-state index < -0.39 is 6.10 Å². The SMILES string of the molecule is COc1cc(Br)ccc1C(O)Cc1ccc2c(c1)CCC2. The molecule has 110 valence electrons. The maximum Gasteiger partial charge on any atom is 0.125 e. The van der Waals surface area contributed by atoms with Crippen molar-refractivity contribution >= 4 is 15.9 Å². The van der Waals surface area contributed by atoms with E-state index in [4.69, 9.17) is 4.74 Å². The summed E-state index contributed by atoms with van der Waals surface area (Å²) < 4.78 is 6.32. The summed E-state index contributed by atoms with van der Waals surface area (Å²) >= 11 is 3.43. The lowest BCUT2D eigenvalue weighted by Gasteiger charge is -2.16. The number of rotatable bonds is 4. The Bertz CT molecular complexity index is 652. The summed E-state index contributed by atoms with van der Waals surface area (Å²) in [6, 6.07) is 12.3. The van der Waals surface area contributed by atoms with Crippen molar-refractivity contribution in [3.05, 3.63) is 63.1 Å². The van der Waals surface area contributed by atoms with Crippen LogP contribution in [0.3, 0.4) is 0 Å². The molecule has 0 aromatic heterocycles. The molecule has 1 N–H and O–H groups in total. The first kappa shape index (κ1) is 14.6. The Kier molecular flexibility index (Phi) is 4.32. The standard InChI is InChI=1S/C18H19BrO2/c1-21-18-11-15(19)7-8-16(18)17(20)10-12-5-6-13-3-2-4-14(13)9-12/h5-9,11,17,20H,2-4,10H2,1H3. The Morgan fingerprint density at radius 2 is 1.95 bits per heavy atom. The zero-order valence-electron chi connectivity index (χ0n) is 12.1. The number of fused-ring (bicyclic) bond motifs is 1. The van der Waals surface area contributed by atoms with E-state index in [-0.39, 0.29) is 0 Å². The average molecular weight is 347 g/mol. The summed E-state index contributed by atoms with van der Waals surface area (Å²) in [5.74, 6) is 0.720. The number of hydrogen-bond donors (Lipinski definition) is 1. The van der Waals surface area contributed by atoms with Crippen molar-refractivity contribution in [3.63, 3.8) is 0 Å². The molecular formula is C18H19BrO2. The normalized spacial score (nSPS) is 14.8. The maximum absolute atomic E-state index is 10.5. The minimum absolute atomic E-state index is 0.549.